The summed E-state index contributed by atoms with van der Waals surface area (Å²) < 4.78 is 5.04. The third-order valence-electron chi connectivity index (χ3n) is 3.16. The van der Waals surface area contributed by atoms with Crippen molar-refractivity contribution in [1.82, 2.24) is 15.6 Å². The summed E-state index contributed by atoms with van der Waals surface area (Å²) in [7, 11) is 1.55. The van der Waals surface area contributed by atoms with Crippen LogP contribution in [0, 0.1) is 0 Å². The number of methoxy groups -OCH3 is 1. The van der Waals surface area contributed by atoms with Gasteiger partial charge in [0.05, 0.1) is 13.2 Å². The molecule has 1 aromatic carbocycles. The Bertz CT molecular complexity index is 649. The second-order valence-electron chi connectivity index (χ2n) is 4.81. The van der Waals surface area contributed by atoms with Gasteiger partial charge in [-0.2, -0.15) is 0 Å². The van der Waals surface area contributed by atoms with Crippen LogP contribution >= 0.6 is 11.6 Å². The SMILES string of the molecule is COc1cc(CNC(=O)N[C@@H](C)c2cccc(Cl)c2)ccn1. The van der Waals surface area contributed by atoms with Crippen molar-refractivity contribution < 1.29 is 9.53 Å². The molecule has 0 fully saturated rings. The number of nitrogens with zero attached hydrogens (tertiary/aromatic N) is 1. The molecule has 2 N–H and O–H groups in total. The normalized spacial score (nSPS) is 11.6. The number of hydrogen-bond acceptors (Lipinski definition) is 3. The highest BCUT2D eigenvalue weighted by atomic mass is 35.5. The van der Waals surface area contributed by atoms with Crippen LogP contribution in [-0.2, 0) is 6.54 Å². The van der Waals surface area contributed by atoms with Gasteiger partial charge in [0.15, 0.2) is 0 Å². The monoisotopic (exact) mass is 319 g/mol. The molecule has 1 atom stereocenters. The van der Waals surface area contributed by atoms with Crippen molar-refractivity contribution in [2.45, 2.75) is 19.5 Å². The van der Waals surface area contributed by atoms with Crippen molar-refractivity contribution >= 4 is 17.6 Å². The van der Waals surface area contributed by atoms with Crippen LogP contribution in [0.5, 0.6) is 5.88 Å². The van der Waals surface area contributed by atoms with Crippen molar-refractivity contribution in [2.24, 2.45) is 0 Å². The van der Waals surface area contributed by atoms with Crippen LogP contribution in [0.4, 0.5) is 4.79 Å². The highest BCUT2D eigenvalue weighted by Gasteiger charge is 2.09. The Kier molecular flexibility index (Phi) is 5.61. The van der Waals surface area contributed by atoms with E-state index in [1.54, 1.807) is 25.4 Å². The number of halogens is 1. The fourth-order valence-corrected chi connectivity index (χ4v) is 2.16. The van der Waals surface area contributed by atoms with E-state index in [4.69, 9.17) is 16.3 Å². The van der Waals surface area contributed by atoms with Crippen LogP contribution < -0.4 is 15.4 Å². The quantitative estimate of drug-likeness (QED) is 0.888. The summed E-state index contributed by atoms with van der Waals surface area (Å²) in [6, 6.07) is 10.6. The Morgan fingerprint density at radius 3 is 2.91 bits per heavy atom. The van der Waals surface area contributed by atoms with E-state index >= 15 is 0 Å². The van der Waals surface area contributed by atoms with E-state index in [9.17, 15) is 4.79 Å². The summed E-state index contributed by atoms with van der Waals surface area (Å²) in [4.78, 5) is 16.0. The fourth-order valence-electron chi connectivity index (χ4n) is 1.96. The molecule has 0 spiro atoms. The molecule has 2 aromatic rings. The molecular weight excluding hydrogens is 302 g/mol. The van der Waals surface area contributed by atoms with Crippen molar-refractivity contribution in [2.75, 3.05) is 7.11 Å². The number of aromatic nitrogens is 1. The van der Waals surface area contributed by atoms with E-state index in [0.717, 1.165) is 11.1 Å². The average molecular weight is 320 g/mol. The van der Waals surface area contributed by atoms with E-state index in [2.05, 4.69) is 15.6 Å². The molecule has 1 heterocycles. The smallest absolute Gasteiger partial charge is 0.315 e. The molecule has 5 nitrogen and oxygen atoms in total. The Morgan fingerprint density at radius 1 is 1.36 bits per heavy atom. The topological polar surface area (TPSA) is 63.2 Å². The Labute approximate surface area is 134 Å². The van der Waals surface area contributed by atoms with Crippen LogP contribution in [0.25, 0.3) is 0 Å². The van der Waals surface area contributed by atoms with Crippen molar-refractivity contribution in [1.29, 1.82) is 0 Å². The van der Waals surface area contributed by atoms with E-state index in [0.29, 0.717) is 17.4 Å². The second kappa shape index (κ2) is 7.66. The lowest BCUT2D eigenvalue weighted by atomic mass is 10.1. The zero-order valence-electron chi connectivity index (χ0n) is 12.5. The molecule has 6 heteroatoms. The van der Waals surface area contributed by atoms with Gasteiger partial charge in [0.2, 0.25) is 5.88 Å². The van der Waals surface area contributed by atoms with Gasteiger partial charge in [-0.25, -0.2) is 9.78 Å². The first-order valence-corrected chi connectivity index (χ1v) is 7.25. The van der Waals surface area contributed by atoms with Crippen LogP contribution in [0.3, 0.4) is 0 Å². The molecule has 0 aliphatic carbocycles. The van der Waals surface area contributed by atoms with Crippen molar-refractivity contribution in [3.63, 3.8) is 0 Å². The Balaban J connectivity index is 1.87. The summed E-state index contributed by atoms with van der Waals surface area (Å²) in [5.41, 5.74) is 1.87. The van der Waals surface area contributed by atoms with Crippen molar-refractivity contribution in [3.05, 3.63) is 58.7 Å². The number of amides is 2. The minimum atomic E-state index is -0.247. The molecule has 0 unspecified atom stereocenters. The lowest BCUT2D eigenvalue weighted by Crippen LogP contribution is -2.36. The van der Waals surface area contributed by atoms with Gasteiger partial charge < -0.3 is 15.4 Å². The maximum Gasteiger partial charge on any atom is 0.315 e. The first-order valence-electron chi connectivity index (χ1n) is 6.87. The first-order chi connectivity index (χ1) is 10.6. The summed E-state index contributed by atoms with van der Waals surface area (Å²) in [6.45, 7) is 2.30. The number of carbonyl (C=O) groups excluding carboxylic acids is 1. The number of rotatable bonds is 5. The Hall–Kier alpha value is -2.27. The zero-order chi connectivity index (χ0) is 15.9. The molecule has 116 valence electrons. The Morgan fingerprint density at radius 2 is 2.18 bits per heavy atom. The largest absolute Gasteiger partial charge is 0.481 e. The number of carbonyl (C=O) groups is 1. The molecular formula is C16H18ClN3O2. The van der Waals surface area contributed by atoms with Gasteiger partial charge in [0.1, 0.15) is 0 Å². The van der Waals surface area contributed by atoms with Crippen LogP contribution in [0.1, 0.15) is 24.1 Å². The van der Waals surface area contributed by atoms with Crippen LogP contribution in [-0.4, -0.2) is 18.1 Å². The number of urea groups is 1. The van der Waals surface area contributed by atoms with Crippen LogP contribution in [0.15, 0.2) is 42.6 Å². The highest BCUT2D eigenvalue weighted by Crippen LogP contribution is 2.17. The van der Waals surface area contributed by atoms with Crippen LogP contribution in [0.2, 0.25) is 5.02 Å². The average Bonchev–Trinajstić information content (AvgIpc) is 2.53. The maximum absolute atomic E-state index is 11.9. The third-order valence-corrected chi connectivity index (χ3v) is 3.39. The molecule has 0 saturated carbocycles. The predicted molar refractivity (Wildman–Crippen MR) is 86.0 cm³/mol. The van der Waals surface area contributed by atoms with Crippen molar-refractivity contribution in [3.8, 4) is 5.88 Å². The standard InChI is InChI=1S/C16H18ClN3O2/c1-11(13-4-3-5-14(17)9-13)20-16(21)19-10-12-6-7-18-15(8-12)22-2/h3-9,11H,10H2,1-2H3,(H2,19,20,21)/t11-/m0/s1. The highest BCUT2D eigenvalue weighted by molar-refractivity contribution is 6.30. The lowest BCUT2D eigenvalue weighted by Gasteiger charge is -2.15. The summed E-state index contributed by atoms with van der Waals surface area (Å²) in [5, 5.41) is 6.31. The molecule has 0 aliphatic rings. The molecule has 2 rings (SSSR count). The van der Waals surface area contributed by atoms with Gasteiger partial charge in [-0.05, 0) is 36.2 Å². The number of nitrogens with one attached hydrogen (secondary N) is 2. The van der Waals surface area contributed by atoms with E-state index < -0.39 is 0 Å². The molecule has 0 saturated heterocycles. The number of hydrogen-bond donors (Lipinski definition) is 2. The second-order valence-corrected chi connectivity index (χ2v) is 5.25. The number of benzene rings is 1. The lowest BCUT2D eigenvalue weighted by molar-refractivity contribution is 0.237. The van der Waals surface area contributed by atoms with E-state index in [1.807, 2.05) is 31.2 Å². The van der Waals surface area contributed by atoms with E-state index in [1.165, 1.54) is 0 Å². The van der Waals surface area contributed by atoms with E-state index in [-0.39, 0.29) is 12.1 Å². The molecule has 2 amide bonds. The maximum atomic E-state index is 11.9. The zero-order valence-corrected chi connectivity index (χ0v) is 13.2. The molecule has 0 radical (unpaired) electrons. The molecule has 0 aliphatic heterocycles. The summed E-state index contributed by atoms with van der Waals surface area (Å²) >= 11 is 5.95. The van der Waals surface area contributed by atoms with Gasteiger partial charge >= 0.3 is 6.03 Å². The predicted octanol–water partition coefficient (Wildman–Crippen LogP) is 3.30. The number of pyridine rings is 1. The summed E-state index contributed by atoms with van der Waals surface area (Å²) in [6.07, 6.45) is 1.64. The third kappa shape index (κ3) is 4.63. The van der Waals surface area contributed by atoms with Gasteiger partial charge in [-0.15, -0.1) is 0 Å². The van der Waals surface area contributed by atoms with Gasteiger partial charge in [0.25, 0.3) is 0 Å². The van der Waals surface area contributed by atoms with Gasteiger partial charge in [-0.3, -0.25) is 0 Å². The number of ether oxygens (including phenoxy) is 1. The molecule has 22 heavy (non-hydrogen) atoms. The summed E-state index contributed by atoms with van der Waals surface area (Å²) in [5.74, 6) is 0.520. The first kappa shape index (κ1) is 16.1. The minimum absolute atomic E-state index is 0.134. The minimum Gasteiger partial charge on any atom is -0.481 e. The van der Waals surface area contributed by atoms with Gasteiger partial charge in [0, 0.05) is 23.8 Å². The molecule has 0 bridgehead atoms. The van der Waals surface area contributed by atoms with Gasteiger partial charge in [-0.1, -0.05) is 23.7 Å². The fraction of sp³-hybridized carbons (Fsp3) is 0.250. The molecule has 1 aromatic heterocycles.